The second kappa shape index (κ2) is 5.49. The van der Waals surface area contributed by atoms with Gasteiger partial charge in [-0.1, -0.05) is 29.4 Å². The Hall–Kier alpha value is -3.28. The molecular weight excluding hydrogens is 290 g/mol. The predicted molar refractivity (Wildman–Crippen MR) is 85.3 cm³/mol. The van der Waals surface area contributed by atoms with E-state index in [0.29, 0.717) is 11.7 Å². The van der Waals surface area contributed by atoms with Crippen molar-refractivity contribution in [3.05, 3.63) is 60.6 Å². The first-order valence-electron chi connectivity index (χ1n) is 7.16. The number of hydrogen-bond acceptors (Lipinski definition) is 5. The highest BCUT2D eigenvalue weighted by atomic mass is 16.5. The van der Waals surface area contributed by atoms with Gasteiger partial charge in [0.25, 0.3) is 5.89 Å². The van der Waals surface area contributed by atoms with Crippen molar-refractivity contribution in [3.63, 3.8) is 0 Å². The van der Waals surface area contributed by atoms with Gasteiger partial charge in [0.2, 0.25) is 5.82 Å². The molecule has 6 heteroatoms. The van der Waals surface area contributed by atoms with Gasteiger partial charge in [-0.15, -0.1) is 0 Å². The Bertz CT molecular complexity index is 926. The highest BCUT2D eigenvalue weighted by molar-refractivity contribution is 5.64. The first-order valence-corrected chi connectivity index (χ1v) is 7.16. The predicted octanol–water partition coefficient (Wildman–Crippen LogP) is 3.50. The average molecular weight is 303 g/mol. The molecule has 1 aromatic carbocycles. The highest BCUT2D eigenvalue weighted by Gasteiger charge is 2.12. The van der Waals surface area contributed by atoms with Gasteiger partial charge >= 0.3 is 0 Å². The molecule has 0 atom stereocenters. The third-order valence-corrected chi connectivity index (χ3v) is 3.62. The lowest BCUT2D eigenvalue weighted by Gasteiger charge is -1.98. The highest BCUT2D eigenvalue weighted by Crippen LogP contribution is 2.25. The molecule has 0 aliphatic heterocycles. The van der Waals surface area contributed by atoms with E-state index in [4.69, 9.17) is 4.52 Å². The van der Waals surface area contributed by atoms with Gasteiger partial charge in [-0.2, -0.15) is 10.1 Å². The summed E-state index contributed by atoms with van der Waals surface area (Å²) in [7, 11) is 0. The number of aromatic nitrogens is 5. The molecule has 0 radical (unpaired) electrons. The van der Waals surface area contributed by atoms with E-state index >= 15 is 0 Å². The van der Waals surface area contributed by atoms with E-state index in [0.717, 1.165) is 27.9 Å². The first kappa shape index (κ1) is 13.4. The fourth-order valence-corrected chi connectivity index (χ4v) is 2.36. The largest absolute Gasteiger partial charge is 0.334 e. The van der Waals surface area contributed by atoms with E-state index in [2.05, 4.69) is 25.3 Å². The number of aryl methyl sites for hydroxylation is 1. The maximum Gasteiger partial charge on any atom is 0.259 e. The maximum absolute atomic E-state index is 5.37. The van der Waals surface area contributed by atoms with Gasteiger partial charge in [-0.05, 0) is 24.6 Å². The summed E-state index contributed by atoms with van der Waals surface area (Å²) in [5.41, 5.74) is 4.62. The van der Waals surface area contributed by atoms with Crippen LogP contribution in [-0.2, 0) is 0 Å². The molecule has 1 N–H and O–H groups in total. The van der Waals surface area contributed by atoms with Crippen LogP contribution in [-0.4, -0.2) is 25.3 Å². The minimum Gasteiger partial charge on any atom is -0.334 e. The molecule has 0 aliphatic carbocycles. The molecule has 3 aromatic heterocycles. The van der Waals surface area contributed by atoms with Gasteiger partial charge < -0.3 is 4.52 Å². The zero-order chi connectivity index (χ0) is 15.6. The van der Waals surface area contributed by atoms with Crippen molar-refractivity contribution in [2.75, 3.05) is 0 Å². The molecule has 112 valence electrons. The summed E-state index contributed by atoms with van der Waals surface area (Å²) in [6.45, 7) is 2.02. The van der Waals surface area contributed by atoms with Gasteiger partial charge in [0.05, 0.1) is 17.5 Å². The number of nitrogens with zero attached hydrogens (tertiary/aromatic N) is 4. The minimum absolute atomic E-state index is 0.453. The van der Waals surface area contributed by atoms with E-state index in [1.165, 1.54) is 0 Å². The Labute approximate surface area is 132 Å². The molecule has 0 fully saturated rings. The van der Waals surface area contributed by atoms with Crippen molar-refractivity contribution in [2.45, 2.75) is 6.92 Å². The molecule has 3 heterocycles. The van der Waals surface area contributed by atoms with E-state index in [-0.39, 0.29) is 0 Å². The van der Waals surface area contributed by atoms with E-state index < -0.39 is 0 Å². The van der Waals surface area contributed by atoms with Crippen molar-refractivity contribution in [1.82, 2.24) is 25.3 Å². The van der Waals surface area contributed by atoms with Crippen LogP contribution in [0.2, 0.25) is 0 Å². The van der Waals surface area contributed by atoms with E-state index in [1.54, 1.807) is 18.6 Å². The van der Waals surface area contributed by atoms with Crippen molar-refractivity contribution >= 4 is 0 Å². The number of rotatable bonds is 3. The SMILES string of the molecule is Cc1ccccc1-c1noc(-c2ccc(-c3cn[nH]c3)nc2)n1. The van der Waals surface area contributed by atoms with Crippen LogP contribution in [0, 0.1) is 6.92 Å². The van der Waals surface area contributed by atoms with Crippen LogP contribution in [0.15, 0.2) is 59.5 Å². The molecule has 6 nitrogen and oxygen atoms in total. The quantitative estimate of drug-likeness (QED) is 0.626. The number of pyridine rings is 1. The smallest absolute Gasteiger partial charge is 0.259 e. The number of H-pyrrole nitrogens is 1. The van der Waals surface area contributed by atoms with Crippen molar-refractivity contribution < 1.29 is 4.52 Å². The Morgan fingerprint density at radius 2 is 1.91 bits per heavy atom. The Balaban J connectivity index is 1.66. The molecule has 0 unspecified atom stereocenters. The summed E-state index contributed by atoms with van der Waals surface area (Å²) in [6.07, 6.45) is 5.24. The second-order valence-electron chi connectivity index (χ2n) is 5.16. The Kier molecular flexibility index (Phi) is 3.20. The number of benzene rings is 1. The fourth-order valence-electron chi connectivity index (χ4n) is 2.36. The topological polar surface area (TPSA) is 80.5 Å². The number of nitrogens with one attached hydrogen (secondary N) is 1. The van der Waals surface area contributed by atoms with E-state index in [1.807, 2.05) is 43.3 Å². The summed E-state index contributed by atoms with van der Waals surface area (Å²) in [4.78, 5) is 8.88. The van der Waals surface area contributed by atoms with Gasteiger partial charge in [0.15, 0.2) is 0 Å². The van der Waals surface area contributed by atoms with Crippen LogP contribution in [0.25, 0.3) is 34.1 Å². The lowest BCUT2D eigenvalue weighted by Crippen LogP contribution is -1.86. The zero-order valence-corrected chi connectivity index (χ0v) is 12.4. The van der Waals surface area contributed by atoms with Gasteiger partial charge in [0.1, 0.15) is 0 Å². The molecule has 0 saturated carbocycles. The lowest BCUT2D eigenvalue weighted by molar-refractivity contribution is 0.432. The monoisotopic (exact) mass is 303 g/mol. The van der Waals surface area contributed by atoms with Crippen molar-refractivity contribution in [2.24, 2.45) is 0 Å². The zero-order valence-electron chi connectivity index (χ0n) is 12.4. The molecule has 0 spiro atoms. The van der Waals surface area contributed by atoms with Crippen LogP contribution < -0.4 is 0 Å². The third kappa shape index (κ3) is 2.50. The molecule has 0 amide bonds. The summed E-state index contributed by atoms with van der Waals surface area (Å²) in [5, 5.41) is 10.8. The molecule has 0 aliphatic rings. The third-order valence-electron chi connectivity index (χ3n) is 3.62. The van der Waals surface area contributed by atoms with Crippen LogP contribution in [0.3, 0.4) is 0 Å². The van der Waals surface area contributed by atoms with Crippen LogP contribution in [0.5, 0.6) is 0 Å². The number of hydrogen-bond donors (Lipinski definition) is 1. The van der Waals surface area contributed by atoms with Crippen LogP contribution >= 0.6 is 0 Å². The maximum atomic E-state index is 5.37. The average Bonchev–Trinajstić information content (AvgIpc) is 3.27. The summed E-state index contributed by atoms with van der Waals surface area (Å²) >= 11 is 0. The second-order valence-corrected chi connectivity index (χ2v) is 5.16. The van der Waals surface area contributed by atoms with Gasteiger partial charge in [0, 0.05) is 23.5 Å². The molecular formula is C17H13N5O. The van der Waals surface area contributed by atoms with Crippen molar-refractivity contribution in [3.8, 4) is 34.1 Å². The first-order chi connectivity index (χ1) is 11.3. The molecule has 0 saturated heterocycles. The summed E-state index contributed by atoms with van der Waals surface area (Å²) < 4.78 is 5.37. The minimum atomic E-state index is 0.453. The fraction of sp³-hybridized carbons (Fsp3) is 0.0588. The van der Waals surface area contributed by atoms with E-state index in [9.17, 15) is 0 Å². The van der Waals surface area contributed by atoms with Gasteiger partial charge in [-0.25, -0.2) is 0 Å². The molecule has 4 aromatic rings. The summed E-state index contributed by atoms with van der Waals surface area (Å²) in [6, 6.07) is 11.7. The lowest BCUT2D eigenvalue weighted by atomic mass is 10.1. The molecule has 4 rings (SSSR count). The van der Waals surface area contributed by atoms with Crippen LogP contribution in [0.1, 0.15) is 5.56 Å². The molecule has 23 heavy (non-hydrogen) atoms. The normalized spacial score (nSPS) is 10.8. The Morgan fingerprint density at radius 1 is 1.00 bits per heavy atom. The summed E-state index contributed by atoms with van der Waals surface area (Å²) in [5.74, 6) is 1.03. The standard InChI is InChI=1S/C17H13N5O/c1-11-4-2-3-5-14(11)16-21-17(23-22-16)12-6-7-15(18-8-12)13-9-19-20-10-13/h2-10H,1H3,(H,19,20). The van der Waals surface area contributed by atoms with Gasteiger partial charge in [-0.3, -0.25) is 10.1 Å². The van der Waals surface area contributed by atoms with Crippen LogP contribution in [0.4, 0.5) is 0 Å². The van der Waals surface area contributed by atoms with Crippen molar-refractivity contribution in [1.29, 1.82) is 0 Å². The Morgan fingerprint density at radius 3 is 2.65 bits per heavy atom. The number of aromatic amines is 1. The molecule has 0 bridgehead atoms.